The second-order valence-electron chi connectivity index (χ2n) is 5.10. The van der Waals surface area contributed by atoms with Crippen molar-refractivity contribution in [2.24, 2.45) is 11.0 Å². The lowest BCUT2D eigenvalue weighted by Gasteiger charge is -2.25. The summed E-state index contributed by atoms with van der Waals surface area (Å²) in [5.41, 5.74) is 1.75. The van der Waals surface area contributed by atoms with Crippen LogP contribution in [0.25, 0.3) is 0 Å². The average molecular weight is 286 g/mol. The fraction of sp³-hybridized carbons (Fsp3) is 0.188. The molecule has 0 saturated heterocycles. The molecule has 3 nitrogen and oxygen atoms in total. The molecule has 2 unspecified atom stereocenters. The summed E-state index contributed by atoms with van der Waals surface area (Å²) in [7, 11) is 0. The normalized spacial score (nSPS) is 23.1. The van der Waals surface area contributed by atoms with Gasteiger partial charge in [-0.25, -0.2) is 13.8 Å². The summed E-state index contributed by atoms with van der Waals surface area (Å²) in [4.78, 5) is 0. The van der Waals surface area contributed by atoms with Crippen molar-refractivity contribution in [3.8, 4) is 5.75 Å². The molecule has 0 saturated carbocycles. The highest BCUT2D eigenvalue weighted by Crippen LogP contribution is 2.37. The van der Waals surface area contributed by atoms with Gasteiger partial charge in [0.25, 0.3) is 0 Å². The van der Waals surface area contributed by atoms with Gasteiger partial charge in [0.15, 0.2) is 0 Å². The molecule has 2 aliphatic rings. The lowest BCUT2D eigenvalue weighted by atomic mass is 9.94. The number of hydrogen-bond donors (Lipinski definition) is 0. The number of ether oxygens (including phenoxy) is 1. The van der Waals surface area contributed by atoms with E-state index in [1.165, 1.54) is 17.1 Å². The number of alkyl halides is 1. The minimum Gasteiger partial charge on any atom is -0.492 e. The number of anilines is 1. The molecule has 106 valence electrons. The quantitative estimate of drug-likeness (QED) is 0.751. The Morgan fingerprint density at radius 2 is 1.95 bits per heavy atom. The SMILES string of the molecule is Fc1ccc2c(c1)C1=NN(c3ccccc3)C(F)C1CO2. The second-order valence-corrected chi connectivity index (χ2v) is 5.10. The highest BCUT2D eigenvalue weighted by molar-refractivity contribution is 6.07. The Morgan fingerprint density at radius 3 is 2.76 bits per heavy atom. The molecule has 0 spiro atoms. The van der Waals surface area contributed by atoms with E-state index < -0.39 is 12.2 Å². The smallest absolute Gasteiger partial charge is 0.203 e. The summed E-state index contributed by atoms with van der Waals surface area (Å²) in [6.45, 7) is 0.210. The van der Waals surface area contributed by atoms with Crippen LogP contribution in [0.2, 0.25) is 0 Å². The minimum absolute atomic E-state index is 0.210. The number of hydrogen-bond acceptors (Lipinski definition) is 3. The van der Waals surface area contributed by atoms with Crippen molar-refractivity contribution < 1.29 is 13.5 Å². The first-order valence-electron chi connectivity index (χ1n) is 6.73. The maximum Gasteiger partial charge on any atom is 0.203 e. The molecule has 0 aliphatic carbocycles. The zero-order valence-electron chi connectivity index (χ0n) is 11.0. The minimum atomic E-state index is -1.31. The lowest BCUT2D eigenvalue weighted by Crippen LogP contribution is -2.35. The summed E-state index contributed by atoms with van der Waals surface area (Å²) in [5.74, 6) is -0.331. The number of nitrogens with zero attached hydrogens (tertiary/aromatic N) is 2. The summed E-state index contributed by atoms with van der Waals surface area (Å²) in [6.07, 6.45) is -1.31. The van der Waals surface area contributed by atoms with Crippen molar-refractivity contribution in [1.82, 2.24) is 0 Å². The van der Waals surface area contributed by atoms with Gasteiger partial charge in [0.1, 0.15) is 18.2 Å². The molecule has 4 rings (SSSR count). The van der Waals surface area contributed by atoms with Gasteiger partial charge in [-0.05, 0) is 30.3 Å². The maximum absolute atomic E-state index is 14.6. The zero-order chi connectivity index (χ0) is 14.4. The van der Waals surface area contributed by atoms with Crippen molar-refractivity contribution in [1.29, 1.82) is 0 Å². The maximum atomic E-state index is 14.6. The van der Waals surface area contributed by atoms with Crippen LogP contribution in [0.3, 0.4) is 0 Å². The Balaban J connectivity index is 1.80. The fourth-order valence-corrected chi connectivity index (χ4v) is 2.75. The van der Waals surface area contributed by atoms with Crippen LogP contribution in [0.4, 0.5) is 14.5 Å². The van der Waals surface area contributed by atoms with Crippen molar-refractivity contribution in [2.45, 2.75) is 6.30 Å². The second kappa shape index (κ2) is 4.55. The van der Waals surface area contributed by atoms with Gasteiger partial charge in [0, 0.05) is 5.56 Å². The first-order valence-corrected chi connectivity index (χ1v) is 6.73. The third kappa shape index (κ3) is 1.88. The van der Waals surface area contributed by atoms with E-state index in [4.69, 9.17) is 4.74 Å². The van der Waals surface area contributed by atoms with Crippen molar-refractivity contribution in [2.75, 3.05) is 11.6 Å². The molecule has 2 atom stereocenters. The number of halogens is 2. The van der Waals surface area contributed by atoms with Gasteiger partial charge in [0.05, 0.1) is 17.3 Å². The lowest BCUT2D eigenvalue weighted by molar-refractivity contribution is 0.196. The van der Waals surface area contributed by atoms with E-state index in [9.17, 15) is 8.78 Å². The molecule has 0 fully saturated rings. The largest absolute Gasteiger partial charge is 0.492 e. The number of benzene rings is 2. The monoisotopic (exact) mass is 286 g/mol. The third-order valence-corrected chi connectivity index (χ3v) is 3.79. The first kappa shape index (κ1) is 12.3. The molecule has 0 amide bonds. The molecule has 21 heavy (non-hydrogen) atoms. The van der Waals surface area contributed by atoms with E-state index in [1.807, 2.05) is 18.2 Å². The van der Waals surface area contributed by atoms with Crippen LogP contribution in [0.15, 0.2) is 53.6 Å². The van der Waals surface area contributed by atoms with Crippen molar-refractivity contribution in [3.05, 3.63) is 59.9 Å². The predicted octanol–water partition coefficient (Wildman–Crippen LogP) is 3.35. The van der Waals surface area contributed by atoms with Crippen LogP contribution in [-0.2, 0) is 0 Å². The van der Waals surface area contributed by atoms with Crippen LogP contribution in [0.1, 0.15) is 5.56 Å². The Hall–Kier alpha value is -2.43. The van der Waals surface area contributed by atoms with Gasteiger partial charge < -0.3 is 4.74 Å². The first-order chi connectivity index (χ1) is 10.2. The number of para-hydroxylation sites is 1. The summed E-state index contributed by atoms with van der Waals surface area (Å²) in [6, 6.07) is 13.3. The van der Waals surface area contributed by atoms with Crippen LogP contribution in [0.5, 0.6) is 5.75 Å². The molecule has 5 heteroatoms. The van der Waals surface area contributed by atoms with E-state index in [0.29, 0.717) is 22.7 Å². The summed E-state index contributed by atoms with van der Waals surface area (Å²) < 4.78 is 33.6. The van der Waals surface area contributed by atoms with Gasteiger partial charge in [-0.1, -0.05) is 18.2 Å². The summed E-state index contributed by atoms with van der Waals surface area (Å²) >= 11 is 0. The Labute approximate surface area is 120 Å². The Kier molecular flexibility index (Phi) is 2.67. The van der Waals surface area contributed by atoms with Crippen LogP contribution in [-0.4, -0.2) is 18.6 Å². The molecular weight excluding hydrogens is 274 g/mol. The molecule has 2 aromatic rings. The molecule has 2 aliphatic heterocycles. The van der Waals surface area contributed by atoms with Crippen molar-refractivity contribution in [3.63, 3.8) is 0 Å². The van der Waals surface area contributed by atoms with Gasteiger partial charge in [-0.3, -0.25) is 0 Å². The molecule has 2 heterocycles. The van der Waals surface area contributed by atoms with E-state index in [1.54, 1.807) is 18.2 Å². The number of hydrazone groups is 1. The third-order valence-electron chi connectivity index (χ3n) is 3.79. The number of rotatable bonds is 1. The Bertz CT molecular complexity index is 717. The predicted molar refractivity (Wildman–Crippen MR) is 75.7 cm³/mol. The molecule has 2 aromatic carbocycles. The molecule has 0 aromatic heterocycles. The molecular formula is C16H12F2N2O. The van der Waals surface area contributed by atoms with E-state index in [2.05, 4.69) is 5.10 Å². The zero-order valence-corrected chi connectivity index (χ0v) is 11.0. The van der Waals surface area contributed by atoms with Crippen LogP contribution < -0.4 is 9.75 Å². The Morgan fingerprint density at radius 1 is 1.14 bits per heavy atom. The van der Waals surface area contributed by atoms with Gasteiger partial charge in [-0.2, -0.15) is 5.10 Å². The fourth-order valence-electron chi connectivity index (χ4n) is 2.75. The molecule has 0 N–H and O–H groups in total. The van der Waals surface area contributed by atoms with E-state index in [0.717, 1.165) is 0 Å². The van der Waals surface area contributed by atoms with Crippen LogP contribution >= 0.6 is 0 Å². The van der Waals surface area contributed by atoms with Crippen molar-refractivity contribution >= 4 is 11.4 Å². The van der Waals surface area contributed by atoms with E-state index >= 15 is 0 Å². The summed E-state index contributed by atoms with van der Waals surface area (Å²) in [5, 5.41) is 5.71. The molecule has 0 radical (unpaired) electrons. The van der Waals surface area contributed by atoms with Gasteiger partial charge in [0.2, 0.25) is 6.30 Å². The highest BCUT2D eigenvalue weighted by Gasteiger charge is 2.42. The van der Waals surface area contributed by atoms with Gasteiger partial charge in [-0.15, -0.1) is 0 Å². The topological polar surface area (TPSA) is 24.8 Å². The average Bonchev–Trinajstić information content (AvgIpc) is 2.86. The molecule has 0 bridgehead atoms. The van der Waals surface area contributed by atoms with Crippen LogP contribution in [0, 0.1) is 11.7 Å². The van der Waals surface area contributed by atoms with E-state index in [-0.39, 0.29) is 12.4 Å². The number of fused-ring (bicyclic) bond motifs is 3. The standard InChI is InChI=1S/C16H12F2N2O/c17-10-6-7-14-12(8-10)15-13(9-21-14)16(18)20(19-15)11-4-2-1-3-5-11/h1-8,13,16H,9H2. The van der Waals surface area contributed by atoms with Gasteiger partial charge >= 0.3 is 0 Å². The highest BCUT2D eigenvalue weighted by atomic mass is 19.1.